The number of rotatable bonds is 5. The van der Waals surface area contributed by atoms with Crippen molar-refractivity contribution >= 4 is 0 Å². The van der Waals surface area contributed by atoms with Gasteiger partial charge in [-0.05, 0) is 51.4 Å². The van der Waals surface area contributed by atoms with Gasteiger partial charge in [0.1, 0.15) is 0 Å². The van der Waals surface area contributed by atoms with Gasteiger partial charge in [-0.1, -0.05) is 13.8 Å². The van der Waals surface area contributed by atoms with Crippen LogP contribution in [0.1, 0.15) is 65.2 Å². The summed E-state index contributed by atoms with van der Waals surface area (Å²) in [6.45, 7) is 5.44. The molecule has 0 amide bonds. The Kier molecular flexibility index (Phi) is 5.67. The summed E-state index contributed by atoms with van der Waals surface area (Å²) in [6.07, 6.45) is 10.1. The van der Waals surface area contributed by atoms with Gasteiger partial charge in [-0.3, -0.25) is 0 Å². The maximum atomic E-state index is 6.06. The molecule has 2 aliphatic rings. The molecule has 1 N–H and O–H groups in total. The number of ether oxygens (including phenoxy) is 2. The predicted octanol–water partition coefficient (Wildman–Crippen LogP) is 3.27. The number of hydrogen-bond donors (Lipinski definition) is 1. The van der Waals surface area contributed by atoms with Gasteiger partial charge < -0.3 is 14.8 Å². The van der Waals surface area contributed by atoms with Gasteiger partial charge in [-0.15, -0.1) is 0 Å². The van der Waals surface area contributed by atoms with Crippen LogP contribution in [-0.2, 0) is 9.47 Å². The van der Waals surface area contributed by atoms with E-state index in [0.29, 0.717) is 18.2 Å². The van der Waals surface area contributed by atoms with Crippen molar-refractivity contribution in [2.45, 2.75) is 89.0 Å². The third kappa shape index (κ3) is 3.93. The molecule has 0 aromatic heterocycles. The van der Waals surface area contributed by atoms with E-state index in [1.165, 1.54) is 38.5 Å². The van der Waals surface area contributed by atoms with Gasteiger partial charge in [0.05, 0.1) is 11.7 Å². The van der Waals surface area contributed by atoms with Gasteiger partial charge in [0.25, 0.3) is 0 Å². The van der Waals surface area contributed by atoms with E-state index < -0.39 is 0 Å². The molecule has 0 radical (unpaired) electrons. The Morgan fingerprint density at radius 1 is 1.05 bits per heavy atom. The molecule has 1 aliphatic carbocycles. The molecule has 1 heterocycles. The zero-order valence-electron chi connectivity index (χ0n) is 12.9. The van der Waals surface area contributed by atoms with Crippen LogP contribution in [0.15, 0.2) is 0 Å². The Balaban J connectivity index is 1.79. The maximum Gasteiger partial charge on any atom is 0.0692 e. The molecule has 0 spiro atoms. The molecule has 0 aromatic carbocycles. The van der Waals surface area contributed by atoms with Gasteiger partial charge in [-0.25, -0.2) is 0 Å². The highest BCUT2D eigenvalue weighted by molar-refractivity contribution is 4.90. The van der Waals surface area contributed by atoms with E-state index >= 15 is 0 Å². The van der Waals surface area contributed by atoms with Crippen LogP contribution in [-0.4, -0.2) is 37.5 Å². The van der Waals surface area contributed by atoms with E-state index in [0.717, 1.165) is 19.4 Å². The highest BCUT2D eigenvalue weighted by atomic mass is 16.5. The van der Waals surface area contributed by atoms with Crippen LogP contribution >= 0.6 is 0 Å². The Bertz CT molecular complexity index is 257. The van der Waals surface area contributed by atoms with Crippen LogP contribution in [0.5, 0.6) is 0 Å². The second-order valence-electron chi connectivity index (χ2n) is 6.30. The molecule has 19 heavy (non-hydrogen) atoms. The lowest BCUT2D eigenvalue weighted by Crippen LogP contribution is -2.50. The van der Waals surface area contributed by atoms with Crippen LogP contribution in [0.4, 0.5) is 0 Å². The summed E-state index contributed by atoms with van der Waals surface area (Å²) in [5, 5.41) is 3.89. The monoisotopic (exact) mass is 269 g/mol. The summed E-state index contributed by atoms with van der Waals surface area (Å²) in [5.74, 6) is 0. The van der Waals surface area contributed by atoms with E-state index in [1.807, 2.05) is 7.11 Å². The molecule has 3 heteroatoms. The number of methoxy groups -OCH3 is 1. The largest absolute Gasteiger partial charge is 0.381 e. The quantitative estimate of drug-likeness (QED) is 0.831. The number of hydrogen-bond acceptors (Lipinski definition) is 3. The minimum absolute atomic E-state index is 0.139. The van der Waals surface area contributed by atoms with Crippen LogP contribution in [0, 0.1) is 0 Å². The standard InChI is InChI=1S/C16H31NO2/c1-4-16(5-2)12-14(10-11-19-16)17-13-6-8-15(18-3)9-7-13/h13-15,17H,4-12H2,1-3H3. The molecule has 1 saturated heterocycles. The second-order valence-corrected chi connectivity index (χ2v) is 6.30. The smallest absolute Gasteiger partial charge is 0.0692 e. The first kappa shape index (κ1) is 15.3. The second kappa shape index (κ2) is 7.05. The highest BCUT2D eigenvalue weighted by Crippen LogP contribution is 2.32. The summed E-state index contributed by atoms with van der Waals surface area (Å²) in [5.41, 5.74) is 0.139. The molecule has 2 rings (SSSR count). The summed E-state index contributed by atoms with van der Waals surface area (Å²) in [7, 11) is 1.84. The Morgan fingerprint density at radius 3 is 2.32 bits per heavy atom. The molecule has 0 aromatic rings. The van der Waals surface area contributed by atoms with Gasteiger partial charge in [-0.2, -0.15) is 0 Å². The molecule has 1 atom stereocenters. The summed E-state index contributed by atoms with van der Waals surface area (Å²) < 4.78 is 11.5. The first-order chi connectivity index (χ1) is 9.21. The van der Waals surface area contributed by atoms with Gasteiger partial charge >= 0.3 is 0 Å². The van der Waals surface area contributed by atoms with Crippen molar-refractivity contribution in [2.24, 2.45) is 0 Å². The fourth-order valence-corrected chi connectivity index (χ4v) is 3.71. The average molecular weight is 269 g/mol. The van der Waals surface area contributed by atoms with Gasteiger partial charge in [0, 0.05) is 25.8 Å². The van der Waals surface area contributed by atoms with Crippen molar-refractivity contribution in [3.63, 3.8) is 0 Å². The van der Waals surface area contributed by atoms with Crippen molar-refractivity contribution in [1.29, 1.82) is 0 Å². The lowest BCUT2D eigenvalue weighted by atomic mass is 9.84. The fraction of sp³-hybridized carbons (Fsp3) is 1.00. The minimum Gasteiger partial charge on any atom is -0.381 e. The topological polar surface area (TPSA) is 30.5 Å². The number of nitrogens with one attached hydrogen (secondary N) is 1. The fourth-order valence-electron chi connectivity index (χ4n) is 3.71. The van der Waals surface area contributed by atoms with Crippen molar-refractivity contribution in [1.82, 2.24) is 5.32 Å². The molecule has 1 unspecified atom stereocenters. The first-order valence-electron chi connectivity index (χ1n) is 8.14. The Labute approximate surface area is 118 Å². The van der Waals surface area contributed by atoms with Crippen molar-refractivity contribution in [2.75, 3.05) is 13.7 Å². The summed E-state index contributed by atoms with van der Waals surface area (Å²) in [6, 6.07) is 1.35. The molecule has 112 valence electrons. The predicted molar refractivity (Wildman–Crippen MR) is 78.5 cm³/mol. The van der Waals surface area contributed by atoms with E-state index in [1.54, 1.807) is 0 Å². The molecule has 3 nitrogen and oxygen atoms in total. The van der Waals surface area contributed by atoms with Gasteiger partial charge in [0.15, 0.2) is 0 Å². The molecule has 0 bridgehead atoms. The van der Waals surface area contributed by atoms with Crippen LogP contribution in [0.2, 0.25) is 0 Å². The first-order valence-corrected chi connectivity index (χ1v) is 8.14. The lowest BCUT2D eigenvalue weighted by molar-refractivity contribution is -0.0948. The lowest BCUT2D eigenvalue weighted by Gasteiger charge is -2.42. The molecule has 1 saturated carbocycles. The zero-order valence-corrected chi connectivity index (χ0v) is 12.9. The van der Waals surface area contributed by atoms with Crippen molar-refractivity contribution in [3.8, 4) is 0 Å². The third-order valence-electron chi connectivity index (χ3n) is 5.26. The average Bonchev–Trinajstić information content (AvgIpc) is 2.48. The van der Waals surface area contributed by atoms with E-state index in [4.69, 9.17) is 9.47 Å². The highest BCUT2D eigenvalue weighted by Gasteiger charge is 2.35. The zero-order chi connectivity index (χ0) is 13.7. The Morgan fingerprint density at radius 2 is 1.74 bits per heavy atom. The SMILES string of the molecule is CCC1(CC)CC(NC2CCC(OC)CC2)CCO1. The van der Waals surface area contributed by atoms with E-state index in [9.17, 15) is 0 Å². The normalized spacial score (nSPS) is 35.2. The Hall–Kier alpha value is -0.120. The van der Waals surface area contributed by atoms with Gasteiger partial charge in [0.2, 0.25) is 0 Å². The van der Waals surface area contributed by atoms with Crippen LogP contribution in [0.3, 0.4) is 0 Å². The molecule has 1 aliphatic heterocycles. The van der Waals surface area contributed by atoms with Crippen LogP contribution < -0.4 is 5.32 Å². The van der Waals surface area contributed by atoms with Crippen molar-refractivity contribution < 1.29 is 9.47 Å². The van der Waals surface area contributed by atoms with Crippen molar-refractivity contribution in [3.05, 3.63) is 0 Å². The maximum absolute atomic E-state index is 6.06. The third-order valence-corrected chi connectivity index (χ3v) is 5.26. The molecule has 2 fully saturated rings. The summed E-state index contributed by atoms with van der Waals surface area (Å²) >= 11 is 0. The minimum atomic E-state index is 0.139. The van der Waals surface area contributed by atoms with E-state index in [-0.39, 0.29) is 5.60 Å². The summed E-state index contributed by atoms with van der Waals surface area (Å²) in [4.78, 5) is 0. The molecular weight excluding hydrogens is 238 g/mol. The van der Waals surface area contributed by atoms with E-state index in [2.05, 4.69) is 19.2 Å². The molecular formula is C16H31NO2. The van der Waals surface area contributed by atoms with Crippen LogP contribution in [0.25, 0.3) is 0 Å².